The fourth-order valence-electron chi connectivity index (χ4n) is 3.15. The van der Waals surface area contributed by atoms with Crippen molar-refractivity contribution >= 4 is 5.82 Å². The quantitative estimate of drug-likeness (QED) is 0.907. The van der Waals surface area contributed by atoms with Crippen LogP contribution in [-0.2, 0) is 13.6 Å². The Morgan fingerprint density at radius 1 is 1.37 bits per heavy atom. The highest BCUT2D eigenvalue weighted by Crippen LogP contribution is 2.33. The zero-order chi connectivity index (χ0) is 14.0. The molecule has 108 valence electrons. The number of aryl methyl sites for hydroxylation is 2. The van der Waals surface area contributed by atoms with E-state index in [0.717, 1.165) is 31.9 Å². The molecule has 2 rings (SSSR count). The van der Waals surface area contributed by atoms with Gasteiger partial charge >= 0.3 is 0 Å². The normalized spacial score (nSPS) is 18.9. The summed E-state index contributed by atoms with van der Waals surface area (Å²) in [5.41, 5.74) is 2.93. The van der Waals surface area contributed by atoms with Gasteiger partial charge in [0.1, 0.15) is 5.82 Å². The molecule has 0 atom stereocenters. The van der Waals surface area contributed by atoms with Gasteiger partial charge in [-0.2, -0.15) is 5.10 Å². The molecule has 4 heteroatoms. The average Bonchev–Trinajstić information content (AvgIpc) is 2.60. The van der Waals surface area contributed by atoms with E-state index in [2.05, 4.69) is 54.7 Å². The highest BCUT2D eigenvalue weighted by Gasteiger charge is 2.29. The molecule has 0 bridgehead atoms. The van der Waals surface area contributed by atoms with Gasteiger partial charge in [0.15, 0.2) is 0 Å². The molecule has 0 spiro atoms. The largest absolute Gasteiger partial charge is 0.356 e. The van der Waals surface area contributed by atoms with Gasteiger partial charge in [-0.25, -0.2) is 0 Å². The van der Waals surface area contributed by atoms with Crippen LogP contribution in [0.25, 0.3) is 0 Å². The lowest BCUT2D eigenvalue weighted by molar-refractivity contribution is 0.290. The molecular weight excluding hydrogens is 236 g/mol. The first kappa shape index (κ1) is 14.4. The van der Waals surface area contributed by atoms with Crippen molar-refractivity contribution in [2.45, 2.75) is 47.1 Å². The van der Waals surface area contributed by atoms with Gasteiger partial charge in [0.25, 0.3) is 0 Å². The summed E-state index contributed by atoms with van der Waals surface area (Å²) >= 11 is 0. The van der Waals surface area contributed by atoms with Crippen LogP contribution in [0.3, 0.4) is 0 Å². The molecular formula is C15H28N4. The van der Waals surface area contributed by atoms with Gasteiger partial charge in [0, 0.05) is 32.2 Å². The number of piperidine rings is 1. The summed E-state index contributed by atoms with van der Waals surface area (Å²) in [6.45, 7) is 13.2. The lowest BCUT2D eigenvalue weighted by Gasteiger charge is -2.39. The Balaban J connectivity index is 2.27. The van der Waals surface area contributed by atoms with E-state index in [0.29, 0.717) is 5.41 Å². The van der Waals surface area contributed by atoms with Gasteiger partial charge in [-0.3, -0.25) is 4.68 Å². The van der Waals surface area contributed by atoms with Gasteiger partial charge in [-0.15, -0.1) is 0 Å². The van der Waals surface area contributed by atoms with E-state index < -0.39 is 0 Å². The Bertz CT molecular complexity index is 434. The van der Waals surface area contributed by atoms with Gasteiger partial charge in [0.2, 0.25) is 0 Å². The zero-order valence-electron chi connectivity index (χ0n) is 13.1. The average molecular weight is 264 g/mol. The predicted octanol–water partition coefficient (Wildman–Crippen LogP) is 2.46. The van der Waals surface area contributed by atoms with Gasteiger partial charge < -0.3 is 10.2 Å². The molecule has 0 saturated carbocycles. The number of nitrogens with one attached hydrogen (secondary N) is 1. The Hall–Kier alpha value is -1.03. The molecule has 4 nitrogen and oxygen atoms in total. The zero-order valence-corrected chi connectivity index (χ0v) is 13.1. The van der Waals surface area contributed by atoms with E-state index in [1.165, 1.54) is 24.2 Å². The van der Waals surface area contributed by atoms with Crippen LogP contribution in [0.2, 0.25) is 0 Å². The summed E-state index contributed by atoms with van der Waals surface area (Å²) in [6.07, 6.45) is 2.60. The predicted molar refractivity (Wildman–Crippen MR) is 80.6 cm³/mol. The molecule has 0 radical (unpaired) electrons. The van der Waals surface area contributed by atoms with Gasteiger partial charge in [-0.1, -0.05) is 20.8 Å². The Kier molecular flexibility index (Phi) is 4.19. The van der Waals surface area contributed by atoms with E-state index in [-0.39, 0.29) is 0 Å². The molecule has 1 aliphatic heterocycles. The smallest absolute Gasteiger partial charge is 0.131 e. The van der Waals surface area contributed by atoms with Crippen LogP contribution in [0.15, 0.2) is 0 Å². The monoisotopic (exact) mass is 264 g/mol. The minimum Gasteiger partial charge on any atom is -0.356 e. The summed E-state index contributed by atoms with van der Waals surface area (Å²) in [7, 11) is 2.07. The van der Waals surface area contributed by atoms with Crippen molar-refractivity contribution in [2.24, 2.45) is 12.5 Å². The minimum absolute atomic E-state index is 0.409. The van der Waals surface area contributed by atoms with Crippen molar-refractivity contribution in [3.05, 3.63) is 11.3 Å². The van der Waals surface area contributed by atoms with Crippen molar-refractivity contribution < 1.29 is 0 Å². The molecule has 0 unspecified atom stereocenters. The number of hydrogen-bond acceptors (Lipinski definition) is 3. The molecule has 1 N–H and O–H groups in total. The third-order valence-corrected chi connectivity index (χ3v) is 4.06. The Morgan fingerprint density at radius 3 is 2.74 bits per heavy atom. The van der Waals surface area contributed by atoms with Crippen molar-refractivity contribution in [1.82, 2.24) is 15.1 Å². The van der Waals surface area contributed by atoms with E-state index in [4.69, 9.17) is 0 Å². The third kappa shape index (κ3) is 3.11. The molecule has 0 amide bonds. The second kappa shape index (κ2) is 5.53. The molecule has 1 fully saturated rings. The van der Waals surface area contributed by atoms with Crippen LogP contribution < -0.4 is 10.2 Å². The van der Waals surface area contributed by atoms with Crippen molar-refractivity contribution in [1.29, 1.82) is 0 Å². The molecule has 0 aromatic carbocycles. The van der Waals surface area contributed by atoms with Crippen molar-refractivity contribution in [3.63, 3.8) is 0 Å². The van der Waals surface area contributed by atoms with Gasteiger partial charge in [-0.05, 0) is 31.7 Å². The maximum absolute atomic E-state index is 4.62. The highest BCUT2D eigenvalue weighted by atomic mass is 15.4. The number of nitrogens with zero attached hydrogens (tertiary/aromatic N) is 3. The summed E-state index contributed by atoms with van der Waals surface area (Å²) in [5, 5.41) is 8.06. The van der Waals surface area contributed by atoms with Crippen LogP contribution in [0.4, 0.5) is 5.82 Å². The number of anilines is 1. The lowest BCUT2D eigenvalue weighted by Crippen LogP contribution is -2.41. The molecule has 0 aliphatic carbocycles. The standard InChI is InChI=1S/C15H28N4/c1-6-16-10-13-12(2)17-18(5)14(13)19-9-7-8-15(3,4)11-19/h16H,6-11H2,1-5H3. The summed E-state index contributed by atoms with van der Waals surface area (Å²) in [4.78, 5) is 2.52. The van der Waals surface area contributed by atoms with Gasteiger partial charge in [0.05, 0.1) is 5.69 Å². The lowest BCUT2D eigenvalue weighted by atomic mass is 9.84. The second-order valence-corrected chi connectivity index (χ2v) is 6.48. The number of hydrogen-bond donors (Lipinski definition) is 1. The third-order valence-electron chi connectivity index (χ3n) is 4.06. The van der Waals surface area contributed by atoms with Crippen LogP contribution in [-0.4, -0.2) is 29.4 Å². The summed E-state index contributed by atoms with van der Waals surface area (Å²) in [6, 6.07) is 0. The minimum atomic E-state index is 0.409. The van der Waals surface area contributed by atoms with Crippen LogP contribution in [0.1, 0.15) is 44.9 Å². The highest BCUT2D eigenvalue weighted by molar-refractivity contribution is 5.50. The van der Waals surface area contributed by atoms with E-state index >= 15 is 0 Å². The SMILES string of the molecule is CCNCc1c(C)nn(C)c1N1CCCC(C)(C)C1. The Labute approximate surface area is 117 Å². The van der Waals surface area contributed by atoms with E-state index in [1.807, 2.05) is 0 Å². The van der Waals surface area contributed by atoms with Crippen molar-refractivity contribution in [2.75, 3.05) is 24.5 Å². The van der Waals surface area contributed by atoms with Crippen LogP contribution >= 0.6 is 0 Å². The maximum Gasteiger partial charge on any atom is 0.131 e. The first-order chi connectivity index (χ1) is 8.94. The topological polar surface area (TPSA) is 33.1 Å². The van der Waals surface area contributed by atoms with Crippen LogP contribution in [0.5, 0.6) is 0 Å². The number of aromatic nitrogens is 2. The summed E-state index contributed by atoms with van der Waals surface area (Å²) < 4.78 is 2.06. The van der Waals surface area contributed by atoms with Crippen LogP contribution in [0, 0.1) is 12.3 Å². The first-order valence-electron chi connectivity index (χ1n) is 7.43. The molecule has 1 aromatic heterocycles. The molecule has 1 aliphatic rings. The number of rotatable bonds is 4. The Morgan fingerprint density at radius 2 is 2.11 bits per heavy atom. The molecule has 1 saturated heterocycles. The molecule has 2 heterocycles. The first-order valence-corrected chi connectivity index (χ1v) is 7.43. The maximum atomic E-state index is 4.62. The van der Waals surface area contributed by atoms with Crippen molar-refractivity contribution in [3.8, 4) is 0 Å². The summed E-state index contributed by atoms with van der Waals surface area (Å²) in [5.74, 6) is 1.31. The fraction of sp³-hybridized carbons (Fsp3) is 0.800. The van der Waals surface area contributed by atoms with E-state index in [9.17, 15) is 0 Å². The van der Waals surface area contributed by atoms with E-state index in [1.54, 1.807) is 0 Å². The fourth-order valence-corrected chi connectivity index (χ4v) is 3.15. The second-order valence-electron chi connectivity index (χ2n) is 6.48. The molecule has 1 aromatic rings. The molecule has 19 heavy (non-hydrogen) atoms.